The highest BCUT2D eigenvalue weighted by atomic mass is 35.5. The SMILES string of the molecule is COc1ncccc1C(=O)N1CCC(C)(c2ncc(Cl)s2)CC1. The molecule has 0 aliphatic carbocycles. The van der Waals surface area contributed by atoms with Gasteiger partial charge in [0, 0.05) is 24.7 Å². The van der Waals surface area contributed by atoms with Crippen molar-refractivity contribution < 1.29 is 9.53 Å². The molecule has 2 aromatic rings. The Hall–Kier alpha value is -1.66. The van der Waals surface area contributed by atoms with Crippen LogP contribution in [0.5, 0.6) is 5.88 Å². The number of nitrogens with zero attached hydrogens (tertiary/aromatic N) is 3. The summed E-state index contributed by atoms with van der Waals surface area (Å²) in [5.74, 6) is 0.340. The second-order valence-corrected chi connectivity index (χ2v) is 7.54. The number of methoxy groups -OCH3 is 1. The lowest BCUT2D eigenvalue weighted by molar-refractivity contribution is 0.0671. The molecule has 3 heterocycles. The van der Waals surface area contributed by atoms with E-state index in [2.05, 4.69) is 16.9 Å². The normalized spacial score (nSPS) is 17.1. The predicted octanol–water partition coefficient (Wildman–Crippen LogP) is 3.39. The van der Waals surface area contributed by atoms with E-state index < -0.39 is 0 Å². The van der Waals surface area contributed by atoms with Crippen LogP contribution in [0, 0.1) is 0 Å². The highest BCUT2D eigenvalue weighted by molar-refractivity contribution is 7.15. The summed E-state index contributed by atoms with van der Waals surface area (Å²) in [6, 6.07) is 3.50. The van der Waals surface area contributed by atoms with E-state index >= 15 is 0 Å². The van der Waals surface area contributed by atoms with Gasteiger partial charge in [-0.3, -0.25) is 4.79 Å². The molecule has 0 N–H and O–H groups in total. The van der Waals surface area contributed by atoms with Gasteiger partial charge in [-0.25, -0.2) is 9.97 Å². The molecule has 5 nitrogen and oxygen atoms in total. The number of aromatic nitrogens is 2. The van der Waals surface area contributed by atoms with Crippen LogP contribution in [-0.4, -0.2) is 41.0 Å². The smallest absolute Gasteiger partial charge is 0.259 e. The topological polar surface area (TPSA) is 55.3 Å². The molecule has 0 atom stereocenters. The zero-order chi connectivity index (χ0) is 16.4. The number of hydrogen-bond acceptors (Lipinski definition) is 5. The third-order valence-corrected chi connectivity index (χ3v) is 5.76. The lowest BCUT2D eigenvalue weighted by Crippen LogP contribution is -2.44. The van der Waals surface area contributed by atoms with Crippen molar-refractivity contribution in [1.82, 2.24) is 14.9 Å². The van der Waals surface area contributed by atoms with Gasteiger partial charge in [-0.2, -0.15) is 0 Å². The van der Waals surface area contributed by atoms with Crippen LogP contribution < -0.4 is 4.74 Å². The first-order valence-corrected chi connectivity index (χ1v) is 8.63. The van der Waals surface area contributed by atoms with E-state index in [1.165, 1.54) is 18.4 Å². The molecule has 122 valence electrons. The van der Waals surface area contributed by atoms with Gasteiger partial charge in [0.05, 0.1) is 13.3 Å². The van der Waals surface area contributed by atoms with Gasteiger partial charge < -0.3 is 9.64 Å². The standard InChI is InChI=1S/C16H18ClN3O2S/c1-16(15-19-10-12(17)23-15)5-8-20(9-6-16)14(21)11-4-3-7-18-13(11)22-2/h3-4,7,10H,5-6,8-9H2,1-2H3. The number of pyridine rings is 1. The maximum absolute atomic E-state index is 12.7. The second kappa shape index (κ2) is 6.45. The monoisotopic (exact) mass is 351 g/mol. The molecular weight excluding hydrogens is 334 g/mol. The quantitative estimate of drug-likeness (QED) is 0.850. The van der Waals surface area contributed by atoms with E-state index in [4.69, 9.17) is 16.3 Å². The van der Waals surface area contributed by atoms with Crippen LogP contribution in [0.3, 0.4) is 0 Å². The molecule has 1 amide bonds. The molecule has 1 saturated heterocycles. The number of amides is 1. The van der Waals surface area contributed by atoms with Gasteiger partial charge >= 0.3 is 0 Å². The Morgan fingerprint density at radius 2 is 2.13 bits per heavy atom. The summed E-state index contributed by atoms with van der Waals surface area (Å²) in [5.41, 5.74) is 0.490. The highest BCUT2D eigenvalue weighted by Crippen LogP contribution is 2.38. The van der Waals surface area contributed by atoms with Gasteiger partial charge in [0.1, 0.15) is 14.9 Å². The lowest BCUT2D eigenvalue weighted by Gasteiger charge is -2.38. The average Bonchev–Trinajstić information content (AvgIpc) is 3.02. The van der Waals surface area contributed by atoms with Crippen LogP contribution in [-0.2, 0) is 5.41 Å². The summed E-state index contributed by atoms with van der Waals surface area (Å²) in [6.45, 7) is 3.56. The van der Waals surface area contributed by atoms with Crippen LogP contribution in [0.4, 0.5) is 0 Å². The first kappa shape index (κ1) is 16.2. The molecule has 0 bridgehead atoms. The van der Waals surface area contributed by atoms with Crippen LogP contribution in [0.2, 0.25) is 4.34 Å². The first-order chi connectivity index (χ1) is 11.0. The number of carbonyl (C=O) groups excluding carboxylic acids is 1. The molecule has 7 heteroatoms. The molecule has 1 aliphatic heterocycles. The third kappa shape index (κ3) is 3.19. The Bertz CT molecular complexity index is 711. The minimum absolute atomic E-state index is 0.0202. The fourth-order valence-corrected chi connectivity index (χ4v) is 3.95. The summed E-state index contributed by atoms with van der Waals surface area (Å²) in [4.78, 5) is 23.1. The Balaban J connectivity index is 1.72. The second-order valence-electron chi connectivity index (χ2n) is 5.88. The number of piperidine rings is 1. The van der Waals surface area contributed by atoms with Crippen molar-refractivity contribution >= 4 is 28.8 Å². The highest BCUT2D eigenvalue weighted by Gasteiger charge is 2.36. The van der Waals surface area contributed by atoms with Gasteiger partial charge in [0.25, 0.3) is 5.91 Å². The van der Waals surface area contributed by atoms with Crippen molar-refractivity contribution in [3.63, 3.8) is 0 Å². The fraction of sp³-hybridized carbons (Fsp3) is 0.438. The number of ether oxygens (including phenoxy) is 1. The van der Waals surface area contributed by atoms with E-state index in [0.29, 0.717) is 28.9 Å². The number of carbonyl (C=O) groups is 1. The molecule has 23 heavy (non-hydrogen) atoms. The number of rotatable bonds is 3. The van der Waals surface area contributed by atoms with E-state index in [0.717, 1.165) is 17.8 Å². The Labute approximate surface area is 144 Å². The van der Waals surface area contributed by atoms with Crippen molar-refractivity contribution in [3.05, 3.63) is 39.4 Å². The number of hydrogen-bond donors (Lipinski definition) is 0. The predicted molar refractivity (Wildman–Crippen MR) is 90.4 cm³/mol. The molecule has 1 aliphatic rings. The van der Waals surface area contributed by atoms with Gasteiger partial charge in [-0.1, -0.05) is 18.5 Å². The zero-order valence-electron chi connectivity index (χ0n) is 13.1. The number of halogens is 1. The van der Waals surface area contributed by atoms with E-state index in [1.807, 2.05) is 4.90 Å². The minimum atomic E-state index is -0.0332. The third-order valence-electron chi connectivity index (χ3n) is 4.34. The molecule has 0 spiro atoms. The van der Waals surface area contributed by atoms with Crippen molar-refractivity contribution in [2.24, 2.45) is 0 Å². The van der Waals surface area contributed by atoms with Crippen LogP contribution in [0.15, 0.2) is 24.5 Å². The maximum Gasteiger partial charge on any atom is 0.259 e. The molecular formula is C16H18ClN3O2S. The summed E-state index contributed by atoms with van der Waals surface area (Å²) in [7, 11) is 1.53. The summed E-state index contributed by atoms with van der Waals surface area (Å²) in [6.07, 6.45) is 5.05. The van der Waals surface area contributed by atoms with Crippen LogP contribution in [0.1, 0.15) is 35.1 Å². The van der Waals surface area contributed by atoms with Crippen LogP contribution in [0.25, 0.3) is 0 Å². The molecule has 0 saturated carbocycles. The van der Waals surface area contributed by atoms with Crippen LogP contribution >= 0.6 is 22.9 Å². The minimum Gasteiger partial charge on any atom is -0.480 e. The molecule has 2 aromatic heterocycles. The van der Waals surface area contributed by atoms with Gasteiger partial charge in [-0.05, 0) is 25.0 Å². The van der Waals surface area contributed by atoms with E-state index in [9.17, 15) is 4.79 Å². The maximum atomic E-state index is 12.7. The van der Waals surface area contributed by atoms with Crippen molar-refractivity contribution in [3.8, 4) is 5.88 Å². The van der Waals surface area contributed by atoms with Gasteiger partial charge in [0.15, 0.2) is 0 Å². The van der Waals surface area contributed by atoms with E-state index in [-0.39, 0.29) is 11.3 Å². The molecule has 1 fully saturated rings. The lowest BCUT2D eigenvalue weighted by atomic mass is 9.81. The summed E-state index contributed by atoms with van der Waals surface area (Å²) >= 11 is 7.53. The fourth-order valence-electron chi connectivity index (χ4n) is 2.84. The van der Waals surface area contributed by atoms with Crippen molar-refractivity contribution in [2.75, 3.05) is 20.2 Å². The Morgan fingerprint density at radius 1 is 1.39 bits per heavy atom. The molecule has 3 rings (SSSR count). The van der Waals surface area contributed by atoms with Crippen molar-refractivity contribution in [1.29, 1.82) is 0 Å². The number of thiazole rings is 1. The largest absolute Gasteiger partial charge is 0.480 e. The summed E-state index contributed by atoms with van der Waals surface area (Å²) < 4.78 is 5.90. The van der Waals surface area contributed by atoms with Gasteiger partial charge in [0.2, 0.25) is 5.88 Å². The zero-order valence-corrected chi connectivity index (χ0v) is 14.7. The van der Waals surface area contributed by atoms with Gasteiger partial charge in [-0.15, -0.1) is 11.3 Å². The molecule has 0 aromatic carbocycles. The Morgan fingerprint density at radius 3 is 2.74 bits per heavy atom. The molecule has 0 unspecified atom stereocenters. The van der Waals surface area contributed by atoms with E-state index in [1.54, 1.807) is 24.5 Å². The Kier molecular flexibility index (Phi) is 4.55. The summed E-state index contributed by atoms with van der Waals surface area (Å²) in [5, 5.41) is 1.05. The number of likely N-dealkylation sites (tertiary alicyclic amines) is 1. The van der Waals surface area contributed by atoms with Crippen molar-refractivity contribution in [2.45, 2.75) is 25.2 Å². The first-order valence-electron chi connectivity index (χ1n) is 7.43. The average molecular weight is 352 g/mol. The molecule has 0 radical (unpaired) electrons.